The summed E-state index contributed by atoms with van der Waals surface area (Å²) in [5.74, 6) is -1.64. The molecule has 0 radical (unpaired) electrons. The molecule has 0 saturated carbocycles. The van der Waals surface area contributed by atoms with E-state index in [1.54, 1.807) is 4.90 Å². The Labute approximate surface area is 110 Å². The molecule has 1 heterocycles. The molecule has 1 N–H and O–H groups in total. The zero-order valence-corrected chi connectivity index (χ0v) is 10.6. The van der Waals surface area contributed by atoms with Gasteiger partial charge in [-0.2, -0.15) is 0 Å². The second-order valence-corrected chi connectivity index (χ2v) is 4.93. The molecule has 1 aromatic rings. The minimum atomic E-state index is -0.927. The standard InChI is InChI=1S/C14H17F2NO2/c15-12-2-1-11(7-13(12)16)8-14(19)17-5-3-10(9-18)4-6-17/h1-2,7,10,18H,3-6,8-9H2. The van der Waals surface area contributed by atoms with Crippen LogP contribution in [0.15, 0.2) is 18.2 Å². The van der Waals surface area contributed by atoms with Crippen LogP contribution in [-0.2, 0) is 11.2 Å². The lowest BCUT2D eigenvalue weighted by atomic mass is 9.97. The van der Waals surface area contributed by atoms with E-state index >= 15 is 0 Å². The third-order valence-corrected chi connectivity index (χ3v) is 3.56. The van der Waals surface area contributed by atoms with Crippen LogP contribution >= 0.6 is 0 Å². The van der Waals surface area contributed by atoms with Crippen molar-refractivity contribution in [2.75, 3.05) is 19.7 Å². The molecule has 1 aliphatic heterocycles. The normalized spacial score (nSPS) is 16.7. The molecule has 5 heteroatoms. The molecule has 3 nitrogen and oxygen atoms in total. The Kier molecular flexibility index (Phi) is 4.47. The highest BCUT2D eigenvalue weighted by Crippen LogP contribution is 2.18. The first-order chi connectivity index (χ1) is 9.10. The van der Waals surface area contributed by atoms with Crippen molar-refractivity contribution in [3.05, 3.63) is 35.4 Å². The Morgan fingerprint density at radius 3 is 2.53 bits per heavy atom. The average molecular weight is 269 g/mol. The van der Waals surface area contributed by atoms with Crippen molar-refractivity contribution in [1.29, 1.82) is 0 Å². The van der Waals surface area contributed by atoms with Crippen LogP contribution in [0.4, 0.5) is 8.78 Å². The number of halogens is 2. The number of aliphatic hydroxyl groups is 1. The minimum Gasteiger partial charge on any atom is -0.396 e. The van der Waals surface area contributed by atoms with Gasteiger partial charge in [-0.25, -0.2) is 8.78 Å². The molecule has 1 saturated heterocycles. The Hall–Kier alpha value is -1.49. The lowest BCUT2D eigenvalue weighted by Gasteiger charge is -2.31. The number of carbonyl (C=O) groups is 1. The van der Waals surface area contributed by atoms with Gasteiger partial charge in [-0.15, -0.1) is 0 Å². The third kappa shape index (κ3) is 3.50. The summed E-state index contributed by atoms with van der Waals surface area (Å²) in [6.45, 7) is 1.40. The van der Waals surface area contributed by atoms with Crippen molar-refractivity contribution in [2.24, 2.45) is 5.92 Å². The van der Waals surface area contributed by atoms with E-state index in [1.165, 1.54) is 6.07 Å². The molecule has 0 bridgehead atoms. The molecule has 0 spiro atoms. The van der Waals surface area contributed by atoms with Gasteiger partial charge < -0.3 is 10.0 Å². The molecule has 104 valence electrons. The van der Waals surface area contributed by atoms with Crippen LogP contribution in [-0.4, -0.2) is 35.6 Å². The molecule has 2 rings (SSSR count). The van der Waals surface area contributed by atoms with E-state index in [-0.39, 0.29) is 24.9 Å². The van der Waals surface area contributed by atoms with E-state index in [0.717, 1.165) is 25.0 Å². The Balaban J connectivity index is 1.92. The van der Waals surface area contributed by atoms with Crippen molar-refractivity contribution >= 4 is 5.91 Å². The van der Waals surface area contributed by atoms with Crippen LogP contribution in [0.2, 0.25) is 0 Å². The van der Waals surface area contributed by atoms with Gasteiger partial charge in [0.15, 0.2) is 11.6 Å². The van der Waals surface area contributed by atoms with Crippen LogP contribution in [0, 0.1) is 17.6 Å². The fraction of sp³-hybridized carbons (Fsp3) is 0.500. The lowest BCUT2D eigenvalue weighted by Crippen LogP contribution is -2.40. The van der Waals surface area contributed by atoms with Crippen LogP contribution in [0.5, 0.6) is 0 Å². The lowest BCUT2D eigenvalue weighted by molar-refractivity contribution is -0.132. The number of rotatable bonds is 3. The zero-order valence-electron chi connectivity index (χ0n) is 10.6. The second-order valence-electron chi connectivity index (χ2n) is 4.93. The van der Waals surface area contributed by atoms with Gasteiger partial charge in [0.2, 0.25) is 5.91 Å². The molecule has 0 aliphatic carbocycles. The fourth-order valence-corrected chi connectivity index (χ4v) is 2.30. The summed E-state index contributed by atoms with van der Waals surface area (Å²) in [6, 6.07) is 3.53. The summed E-state index contributed by atoms with van der Waals surface area (Å²) in [7, 11) is 0. The monoisotopic (exact) mass is 269 g/mol. The largest absolute Gasteiger partial charge is 0.396 e. The zero-order chi connectivity index (χ0) is 13.8. The maximum absolute atomic E-state index is 13.0. The summed E-state index contributed by atoms with van der Waals surface area (Å²) < 4.78 is 25.8. The molecule has 0 unspecified atom stereocenters. The number of benzene rings is 1. The number of likely N-dealkylation sites (tertiary alicyclic amines) is 1. The Bertz CT molecular complexity index is 457. The summed E-state index contributed by atoms with van der Waals surface area (Å²) >= 11 is 0. The van der Waals surface area contributed by atoms with E-state index in [0.29, 0.717) is 18.7 Å². The predicted octanol–water partition coefficient (Wildman–Crippen LogP) is 1.74. The van der Waals surface area contributed by atoms with Crippen molar-refractivity contribution in [3.63, 3.8) is 0 Å². The number of amides is 1. The maximum Gasteiger partial charge on any atom is 0.226 e. The quantitative estimate of drug-likeness (QED) is 0.908. The number of aliphatic hydroxyl groups excluding tert-OH is 1. The van der Waals surface area contributed by atoms with Gasteiger partial charge in [0.1, 0.15) is 0 Å². The summed E-state index contributed by atoms with van der Waals surface area (Å²) in [5, 5.41) is 9.03. The van der Waals surface area contributed by atoms with E-state index in [1.807, 2.05) is 0 Å². The van der Waals surface area contributed by atoms with Crippen LogP contribution in [0.25, 0.3) is 0 Å². The number of nitrogens with zero attached hydrogens (tertiary/aromatic N) is 1. The first-order valence-corrected chi connectivity index (χ1v) is 6.42. The number of carbonyl (C=O) groups excluding carboxylic acids is 1. The number of hydrogen-bond donors (Lipinski definition) is 1. The molecule has 19 heavy (non-hydrogen) atoms. The van der Waals surface area contributed by atoms with Crippen LogP contribution < -0.4 is 0 Å². The van der Waals surface area contributed by atoms with Gasteiger partial charge in [0, 0.05) is 19.7 Å². The maximum atomic E-state index is 13.0. The molecule has 1 aromatic carbocycles. The highest BCUT2D eigenvalue weighted by molar-refractivity contribution is 5.78. The van der Waals surface area contributed by atoms with Crippen molar-refractivity contribution < 1.29 is 18.7 Å². The predicted molar refractivity (Wildman–Crippen MR) is 66.5 cm³/mol. The van der Waals surface area contributed by atoms with E-state index in [2.05, 4.69) is 0 Å². The van der Waals surface area contributed by atoms with Gasteiger partial charge in [-0.05, 0) is 36.5 Å². The van der Waals surface area contributed by atoms with Crippen molar-refractivity contribution in [2.45, 2.75) is 19.3 Å². The molecule has 1 aliphatic rings. The first-order valence-electron chi connectivity index (χ1n) is 6.42. The van der Waals surface area contributed by atoms with Gasteiger partial charge in [-0.3, -0.25) is 4.79 Å². The SMILES string of the molecule is O=C(Cc1ccc(F)c(F)c1)N1CCC(CO)CC1. The van der Waals surface area contributed by atoms with Gasteiger partial charge in [0.05, 0.1) is 6.42 Å². The summed E-state index contributed by atoms with van der Waals surface area (Å²) in [6.07, 6.45) is 1.67. The Morgan fingerprint density at radius 2 is 1.95 bits per heavy atom. The van der Waals surface area contributed by atoms with Gasteiger partial charge in [-0.1, -0.05) is 6.07 Å². The van der Waals surface area contributed by atoms with E-state index in [9.17, 15) is 13.6 Å². The number of piperidine rings is 1. The molecule has 1 amide bonds. The highest BCUT2D eigenvalue weighted by atomic mass is 19.2. The van der Waals surface area contributed by atoms with Crippen molar-refractivity contribution in [1.82, 2.24) is 4.90 Å². The van der Waals surface area contributed by atoms with Gasteiger partial charge >= 0.3 is 0 Å². The van der Waals surface area contributed by atoms with E-state index < -0.39 is 11.6 Å². The van der Waals surface area contributed by atoms with Crippen LogP contribution in [0.3, 0.4) is 0 Å². The topological polar surface area (TPSA) is 40.5 Å². The van der Waals surface area contributed by atoms with Crippen LogP contribution in [0.1, 0.15) is 18.4 Å². The molecular weight excluding hydrogens is 252 g/mol. The summed E-state index contributed by atoms with van der Waals surface area (Å²) in [4.78, 5) is 13.7. The summed E-state index contributed by atoms with van der Waals surface area (Å²) in [5.41, 5.74) is 0.480. The molecule has 0 atom stereocenters. The number of hydrogen-bond acceptors (Lipinski definition) is 2. The molecule has 1 fully saturated rings. The van der Waals surface area contributed by atoms with Gasteiger partial charge in [0.25, 0.3) is 0 Å². The van der Waals surface area contributed by atoms with E-state index in [4.69, 9.17) is 5.11 Å². The minimum absolute atomic E-state index is 0.0811. The molecule has 0 aromatic heterocycles. The fourth-order valence-electron chi connectivity index (χ4n) is 2.30. The Morgan fingerprint density at radius 1 is 1.26 bits per heavy atom. The third-order valence-electron chi connectivity index (χ3n) is 3.56. The highest BCUT2D eigenvalue weighted by Gasteiger charge is 2.22. The second kappa shape index (κ2) is 6.10. The average Bonchev–Trinajstić information content (AvgIpc) is 2.43. The smallest absolute Gasteiger partial charge is 0.226 e. The molecular formula is C14H17F2NO2. The first kappa shape index (κ1) is 13.9. The van der Waals surface area contributed by atoms with Crippen molar-refractivity contribution in [3.8, 4) is 0 Å².